The predicted molar refractivity (Wildman–Crippen MR) is 52.3 cm³/mol. The summed E-state index contributed by atoms with van der Waals surface area (Å²) < 4.78 is 0. The second-order valence-electron chi connectivity index (χ2n) is 2.84. The summed E-state index contributed by atoms with van der Waals surface area (Å²) in [4.78, 5) is 19.7. The van der Waals surface area contributed by atoms with E-state index in [1.807, 2.05) is 5.43 Å². The number of hydrogen-bond acceptors (Lipinski definition) is 6. The van der Waals surface area contributed by atoms with Crippen LogP contribution in [0.4, 0.5) is 17.1 Å². The molecule has 0 saturated heterocycles. The highest BCUT2D eigenvalue weighted by molar-refractivity contribution is 5.74. The lowest BCUT2D eigenvalue weighted by atomic mass is 10.1. The molecule has 0 unspecified atom stereocenters. The highest BCUT2D eigenvalue weighted by Gasteiger charge is 2.24. The number of nitro groups is 2. The molecule has 0 radical (unpaired) electrons. The second kappa shape index (κ2) is 3.88. The summed E-state index contributed by atoms with van der Waals surface area (Å²) in [7, 11) is 0. The van der Waals surface area contributed by atoms with Crippen molar-refractivity contribution in [2.75, 3.05) is 5.43 Å². The molecule has 0 heterocycles. The van der Waals surface area contributed by atoms with Crippen LogP contribution in [0.5, 0.6) is 0 Å². The minimum absolute atomic E-state index is 0.296. The van der Waals surface area contributed by atoms with Gasteiger partial charge in [0.1, 0.15) is 0 Å². The first-order valence-electron chi connectivity index (χ1n) is 3.87. The Kier molecular flexibility index (Phi) is 2.81. The van der Waals surface area contributed by atoms with Crippen molar-refractivity contribution in [3.8, 4) is 0 Å². The van der Waals surface area contributed by atoms with Gasteiger partial charge in [-0.15, -0.1) is 0 Å². The molecule has 8 heteroatoms. The summed E-state index contributed by atoms with van der Waals surface area (Å²) >= 11 is 0. The first-order chi connectivity index (χ1) is 6.97. The van der Waals surface area contributed by atoms with E-state index in [4.69, 9.17) is 5.84 Å². The molecule has 0 aromatic heterocycles. The zero-order valence-electron chi connectivity index (χ0n) is 7.76. The number of anilines is 1. The molecular formula is C7H8N4O4. The molecule has 0 fully saturated rings. The first-order valence-corrected chi connectivity index (χ1v) is 3.87. The van der Waals surface area contributed by atoms with Gasteiger partial charge in [0, 0.05) is 12.1 Å². The summed E-state index contributed by atoms with van der Waals surface area (Å²) in [6.07, 6.45) is 0. The van der Waals surface area contributed by atoms with Gasteiger partial charge in [0.05, 0.1) is 9.85 Å². The normalized spacial score (nSPS) is 9.73. The number of nitrogens with one attached hydrogen (secondary N) is 1. The maximum atomic E-state index is 10.6. The average Bonchev–Trinajstić information content (AvgIpc) is 2.16. The Morgan fingerprint density at radius 2 is 1.60 bits per heavy atom. The third-order valence-corrected chi connectivity index (χ3v) is 1.78. The van der Waals surface area contributed by atoms with Crippen molar-refractivity contribution in [2.24, 2.45) is 5.84 Å². The number of hydrogen-bond donors (Lipinski definition) is 2. The molecule has 0 spiro atoms. The minimum atomic E-state index is -0.727. The third-order valence-electron chi connectivity index (χ3n) is 1.78. The van der Waals surface area contributed by atoms with Gasteiger partial charge in [-0.2, -0.15) is 0 Å². The van der Waals surface area contributed by atoms with Gasteiger partial charge in [-0.25, -0.2) is 0 Å². The van der Waals surface area contributed by atoms with Crippen LogP contribution in [0.15, 0.2) is 12.1 Å². The number of benzene rings is 1. The van der Waals surface area contributed by atoms with Crippen LogP contribution in [0.3, 0.4) is 0 Å². The van der Waals surface area contributed by atoms with E-state index in [0.29, 0.717) is 5.56 Å². The molecule has 15 heavy (non-hydrogen) atoms. The molecule has 0 bridgehead atoms. The van der Waals surface area contributed by atoms with Gasteiger partial charge in [-0.1, -0.05) is 0 Å². The molecule has 3 N–H and O–H groups in total. The third kappa shape index (κ3) is 1.99. The molecule has 1 rings (SSSR count). The Bertz CT molecular complexity index is 396. The number of rotatable bonds is 3. The number of aryl methyl sites for hydroxylation is 1. The van der Waals surface area contributed by atoms with Crippen molar-refractivity contribution in [3.63, 3.8) is 0 Å². The zero-order chi connectivity index (χ0) is 11.6. The van der Waals surface area contributed by atoms with Gasteiger partial charge in [0.25, 0.3) is 0 Å². The molecule has 0 amide bonds. The maximum absolute atomic E-state index is 10.6. The fourth-order valence-electron chi connectivity index (χ4n) is 1.18. The Hall–Kier alpha value is -2.22. The fourth-order valence-corrected chi connectivity index (χ4v) is 1.18. The SMILES string of the molecule is Cc1cc([N+](=O)[O-])c(NN)c([N+](=O)[O-])c1. The van der Waals surface area contributed by atoms with Crippen LogP contribution in [0.2, 0.25) is 0 Å². The summed E-state index contributed by atoms with van der Waals surface area (Å²) in [6.45, 7) is 1.53. The van der Waals surface area contributed by atoms with Crippen molar-refractivity contribution in [1.82, 2.24) is 0 Å². The number of nitrogens with zero attached hydrogens (tertiary/aromatic N) is 2. The molecule has 0 aliphatic heterocycles. The van der Waals surface area contributed by atoms with E-state index >= 15 is 0 Å². The number of hydrazine groups is 1. The van der Waals surface area contributed by atoms with E-state index < -0.39 is 21.2 Å². The molecule has 0 saturated carbocycles. The number of nitrogen functional groups attached to an aromatic ring is 1. The lowest BCUT2D eigenvalue weighted by Crippen LogP contribution is -2.11. The van der Waals surface area contributed by atoms with E-state index in [2.05, 4.69) is 0 Å². The van der Waals surface area contributed by atoms with Gasteiger partial charge in [0.2, 0.25) is 5.69 Å². The Balaban J connectivity index is 3.52. The predicted octanol–water partition coefficient (Wildman–Crippen LogP) is 1.10. The van der Waals surface area contributed by atoms with Crippen LogP contribution in [-0.4, -0.2) is 9.85 Å². The molecule has 8 nitrogen and oxygen atoms in total. The van der Waals surface area contributed by atoms with Crippen LogP contribution in [0.1, 0.15) is 5.56 Å². The van der Waals surface area contributed by atoms with Crippen molar-refractivity contribution in [2.45, 2.75) is 6.92 Å². The van der Waals surface area contributed by atoms with E-state index in [9.17, 15) is 20.2 Å². The summed E-state index contributed by atoms with van der Waals surface area (Å²) in [5.74, 6) is 5.02. The standard InChI is InChI=1S/C7H8N4O4/c1-4-2-5(10(12)13)7(9-8)6(3-4)11(14)15/h2-3,9H,8H2,1H3. The molecule has 80 valence electrons. The Labute approximate surface area is 84.0 Å². The molecule has 1 aromatic carbocycles. The lowest BCUT2D eigenvalue weighted by molar-refractivity contribution is -0.392. The average molecular weight is 212 g/mol. The lowest BCUT2D eigenvalue weighted by Gasteiger charge is -2.03. The Morgan fingerprint density at radius 3 is 1.87 bits per heavy atom. The van der Waals surface area contributed by atoms with Crippen LogP contribution in [0, 0.1) is 27.2 Å². The van der Waals surface area contributed by atoms with Crippen molar-refractivity contribution < 1.29 is 9.85 Å². The second-order valence-corrected chi connectivity index (χ2v) is 2.84. The van der Waals surface area contributed by atoms with Crippen LogP contribution >= 0.6 is 0 Å². The molecule has 0 aliphatic carbocycles. The van der Waals surface area contributed by atoms with Crippen molar-refractivity contribution in [3.05, 3.63) is 37.9 Å². The van der Waals surface area contributed by atoms with Gasteiger partial charge in [-0.3, -0.25) is 26.1 Å². The fraction of sp³-hybridized carbons (Fsp3) is 0.143. The topological polar surface area (TPSA) is 124 Å². The van der Waals surface area contributed by atoms with E-state index in [1.54, 1.807) is 0 Å². The van der Waals surface area contributed by atoms with Crippen LogP contribution in [0.25, 0.3) is 0 Å². The van der Waals surface area contributed by atoms with Crippen molar-refractivity contribution in [1.29, 1.82) is 0 Å². The maximum Gasteiger partial charge on any atom is 0.301 e. The van der Waals surface area contributed by atoms with Gasteiger partial charge < -0.3 is 5.43 Å². The zero-order valence-corrected chi connectivity index (χ0v) is 7.76. The van der Waals surface area contributed by atoms with E-state index in [0.717, 1.165) is 0 Å². The smallest absolute Gasteiger partial charge is 0.301 e. The van der Waals surface area contributed by atoms with E-state index in [1.165, 1.54) is 19.1 Å². The highest BCUT2D eigenvalue weighted by Crippen LogP contribution is 2.34. The van der Waals surface area contributed by atoms with Gasteiger partial charge in [-0.05, 0) is 12.5 Å². The minimum Gasteiger partial charge on any atom is -0.313 e. The largest absolute Gasteiger partial charge is 0.313 e. The Morgan fingerprint density at radius 1 is 1.20 bits per heavy atom. The summed E-state index contributed by atoms with van der Waals surface area (Å²) in [6, 6.07) is 2.42. The van der Waals surface area contributed by atoms with Gasteiger partial charge >= 0.3 is 11.4 Å². The molecular weight excluding hydrogens is 204 g/mol. The first kappa shape index (κ1) is 10.9. The summed E-state index contributed by atoms with van der Waals surface area (Å²) in [5.41, 5.74) is 1.27. The quantitative estimate of drug-likeness (QED) is 0.439. The van der Waals surface area contributed by atoms with Gasteiger partial charge in [0.15, 0.2) is 0 Å². The number of nitro benzene ring substituents is 2. The monoisotopic (exact) mass is 212 g/mol. The summed E-state index contributed by atoms with van der Waals surface area (Å²) in [5, 5.41) is 21.2. The van der Waals surface area contributed by atoms with Crippen molar-refractivity contribution >= 4 is 17.1 Å². The van der Waals surface area contributed by atoms with Crippen LogP contribution in [-0.2, 0) is 0 Å². The molecule has 1 aromatic rings. The highest BCUT2D eigenvalue weighted by atomic mass is 16.6. The van der Waals surface area contributed by atoms with Crippen LogP contribution < -0.4 is 11.3 Å². The number of nitrogens with two attached hydrogens (primary N) is 1. The molecule has 0 aliphatic rings. The van der Waals surface area contributed by atoms with E-state index in [-0.39, 0.29) is 5.69 Å². The molecule has 0 atom stereocenters.